The molecule has 16 heavy (non-hydrogen) atoms. The van der Waals surface area contributed by atoms with Crippen molar-refractivity contribution in [2.75, 3.05) is 13.1 Å². The third-order valence-electron chi connectivity index (χ3n) is 3.50. The van der Waals surface area contributed by atoms with Crippen molar-refractivity contribution in [1.29, 1.82) is 0 Å². The summed E-state index contributed by atoms with van der Waals surface area (Å²) in [6, 6.07) is 0. The van der Waals surface area contributed by atoms with Gasteiger partial charge in [0.05, 0.1) is 12.6 Å². The number of likely N-dealkylation sites (tertiary alicyclic amines) is 1. The first-order valence-electron chi connectivity index (χ1n) is 6.11. The Balaban J connectivity index is 1.92. The summed E-state index contributed by atoms with van der Waals surface area (Å²) in [6.45, 7) is 7.97. The number of hydrogen-bond donors (Lipinski definition) is 1. The summed E-state index contributed by atoms with van der Waals surface area (Å²) in [6.07, 6.45) is 4.80. The van der Waals surface area contributed by atoms with Crippen LogP contribution in [0.2, 0.25) is 0 Å². The SMILES string of the molecule is CCn1ccnc1CN1CCC(C(C)O)C1. The minimum absolute atomic E-state index is 0.184. The molecule has 0 saturated carbocycles. The van der Waals surface area contributed by atoms with Crippen LogP contribution in [0.3, 0.4) is 0 Å². The quantitative estimate of drug-likeness (QED) is 0.831. The topological polar surface area (TPSA) is 41.3 Å². The molecule has 0 aliphatic carbocycles. The van der Waals surface area contributed by atoms with E-state index in [1.54, 1.807) is 0 Å². The van der Waals surface area contributed by atoms with Gasteiger partial charge >= 0.3 is 0 Å². The minimum atomic E-state index is -0.184. The van der Waals surface area contributed by atoms with Crippen molar-refractivity contribution in [3.8, 4) is 0 Å². The molecule has 1 fully saturated rings. The summed E-state index contributed by atoms with van der Waals surface area (Å²) in [5.74, 6) is 1.57. The monoisotopic (exact) mass is 223 g/mol. The largest absolute Gasteiger partial charge is 0.393 e. The number of aromatic nitrogens is 2. The molecule has 1 N–H and O–H groups in total. The molecular formula is C12H21N3O. The van der Waals surface area contributed by atoms with Gasteiger partial charge in [0.15, 0.2) is 0 Å². The van der Waals surface area contributed by atoms with Gasteiger partial charge in [-0.1, -0.05) is 0 Å². The predicted molar refractivity (Wildman–Crippen MR) is 63.0 cm³/mol. The molecule has 2 heterocycles. The number of nitrogens with zero attached hydrogens (tertiary/aromatic N) is 3. The Labute approximate surface area is 96.9 Å². The fourth-order valence-corrected chi connectivity index (χ4v) is 2.38. The number of aliphatic hydroxyl groups excluding tert-OH is 1. The van der Waals surface area contributed by atoms with Gasteiger partial charge in [0, 0.05) is 25.5 Å². The van der Waals surface area contributed by atoms with E-state index < -0.39 is 0 Å². The molecule has 4 nitrogen and oxygen atoms in total. The fraction of sp³-hybridized carbons (Fsp3) is 0.750. The van der Waals surface area contributed by atoms with Crippen LogP contribution >= 0.6 is 0 Å². The van der Waals surface area contributed by atoms with Crippen LogP contribution in [0.15, 0.2) is 12.4 Å². The Morgan fingerprint density at radius 2 is 2.44 bits per heavy atom. The number of aryl methyl sites for hydroxylation is 1. The molecule has 0 bridgehead atoms. The number of rotatable bonds is 4. The second-order valence-electron chi connectivity index (χ2n) is 4.65. The Morgan fingerprint density at radius 1 is 1.62 bits per heavy atom. The molecule has 2 atom stereocenters. The van der Waals surface area contributed by atoms with E-state index in [1.807, 2.05) is 19.3 Å². The van der Waals surface area contributed by atoms with Crippen LogP contribution in [0, 0.1) is 5.92 Å². The highest BCUT2D eigenvalue weighted by Crippen LogP contribution is 2.20. The predicted octanol–water partition coefficient (Wildman–Crippen LogP) is 1.11. The third-order valence-corrected chi connectivity index (χ3v) is 3.50. The lowest BCUT2D eigenvalue weighted by Crippen LogP contribution is -2.25. The second kappa shape index (κ2) is 4.97. The lowest BCUT2D eigenvalue weighted by atomic mass is 10.0. The third kappa shape index (κ3) is 2.44. The number of aliphatic hydroxyl groups is 1. The van der Waals surface area contributed by atoms with Crippen LogP contribution in [0.4, 0.5) is 0 Å². The smallest absolute Gasteiger partial charge is 0.122 e. The highest BCUT2D eigenvalue weighted by atomic mass is 16.3. The summed E-state index contributed by atoms with van der Waals surface area (Å²) in [4.78, 5) is 6.76. The molecule has 0 spiro atoms. The number of hydrogen-bond acceptors (Lipinski definition) is 3. The molecule has 90 valence electrons. The van der Waals surface area contributed by atoms with Gasteiger partial charge in [0.25, 0.3) is 0 Å². The zero-order valence-corrected chi connectivity index (χ0v) is 10.1. The minimum Gasteiger partial charge on any atom is -0.393 e. The van der Waals surface area contributed by atoms with E-state index in [1.165, 1.54) is 0 Å². The van der Waals surface area contributed by atoms with Crippen LogP contribution in [-0.2, 0) is 13.1 Å². The first-order valence-corrected chi connectivity index (χ1v) is 6.11. The second-order valence-corrected chi connectivity index (χ2v) is 4.65. The summed E-state index contributed by atoms with van der Waals surface area (Å²) in [5, 5.41) is 9.55. The molecule has 0 radical (unpaired) electrons. The van der Waals surface area contributed by atoms with Gasteiger partial charge in [-0.15, -0.1) is 0 Å². The van der Waals surface area contributed by atoms with Crippen LogP contribution in [-0.4, -0.2) is 38.8 Å². The maximum Gasteiger partial charge on any atom is 0.122 e. The first kappa shape index (κ1) is 11.6. The molecule has 0 aromatic carbocycles. The summed E-state index contributed by atoms with van der Waals surface area (Å²) in [7, 11) is 0. The molecule has 1 aromatic heterocycles. The Kier molecular flexibility index (Phi) is 3.61. The van der Waals surface area contributed by atoms with Crippen molar-refractivity contribution in [3.63, 3.8) is 0 Å². The van der Waals surface area contributed by atoms with Crippen molar-refractivity contribution < 1.29 is 5.11 Å². The molecule has 0 amide bonds. The molecular weight excluding hydrogens is 202 g/mol. The van der Waals surface area contributed by atoms with E-state index in [2.05, 4.69) is 21.4 Å². The zero-order chi connectivity index (χ0) is 11.5. The van der Waals surface area contributed by atoms with Crippen molar-refractivity contribution in [2.45, 2.75) is 39.5 Å². The van der Waals surface area contributed by atoms with Gasteiger partial charge < -0.3 is 9.67 Å². The highest BCUT2D eigenvalue weighted by Gasteiger charge is 2.26. The summed E-state index contributed by atoms with van der Waals surface area (Å²) < 4.78 is 2.18. The molecule has 2 unspecified atom stereocenters. The van der Waals surface area contributed by atoms with Crippen molar-refractivity contribution >= 4 is 0 Å². The molecule has 1 aliphatic heterocycles. The molecule has 4 heteroatoms. The average molecular weight is 223 g/mol. The zero-order valence-electron chi connectivity index (χ0n) is 10.1. The number of imidazole rings is 1. The van der Waals surface area contributed by atoms with Gasteiger partial charge in [-0.2, -0.15) is 0 Å². The molecule has 1 aliphatic rings. The lowest BCUT2D eigenvalue weighted by Gasteiger charge is -2.17. The van der Waals surface area contributed by atoms with E-state index in [9.17, 15) is 5.11 Å². The Bertz CT molecular complexity index is 335. The van der Waals surface area contributed by atoms with Gasteiger partial charge in [-0.25, -0.2) is 4.98 Å². The van der Waals surface area contributed by atoms with Crippen LogP contribution in [0.5, 0.6) is 0 Å². The van der Waals surface area contributed by atoms with Crippen molar-refractivity contribution in [2.24, 2.45) is 5.92 Å². The maximum absolute atomic E-state index is 9.55. The Morgan fingerprint density at radius 3 is 3.06 bits per heavy atom. The Hall–Kier alpha value is -0.870. The van der Waals surface area contributed by atoms with E-state index in [0.717, 1.165) is 38.4 Å². The molecule has 1 saturated heterocycles. The van der Waals surface area contributed by atoms with Crippen LogP contribution in [0.25, 0.3) is 0 Å². The highest BCUT2D eigenvalue weighted by molar-refractivity contribution is 4.93. The van der Waals surface area contributed by atoms with Gasteiger partial charge in [-0.3, -0.25) is 4.90 Å². The van der Waals surface area contributed by atoms with Crippen LogP contribution in [0.1, 0.15) is 26.1 Å². The van der Waals surface area contributed by atoms with E-state index in [4.69, 9.17) is 0 Å². The lowest BCUT2D eigenvalue weighted by molar-refractivity contribution is 0.126. The summed E-state index contributed by atoms with van der Waals surface area (Å²) in [5.41, 5.74) is 0. The fourth-order valence-electron chi connectivity index (χ4n) is 2.38. The van der Waals surface area contributed by atoms with Gasteiger partial charge in [0.1, 0.15) is 5.82 Å². The van der Waals surface area contributed by atoms with E-state index in [-0.39, 0.29) is 6.10 Å². The van der Waals surface area contributed by atoms with E-state index in [0.29, 0.717) is 5.92 Å². The average Bonchev–Trinajstić information content (AvgIpc) is 2.87. The van der Waals surface area contributed by atoms with Crippen LogP contribution < -0.4 is 0 Å². The van der Waals surface area contributed by atoms with E-state index >= 15 is 0 Å². The maximum atomic E-state index is 9.55. The first-order chi connectivity index (χ1) is 7.70. The van der Waals surface area contributed by atoms with Crippen molar-refractivity contribution in [1.82, 2.24) is 14.5 Å². The molecule has 1 aromatic rings. The van der Waals surface area contributed by atoms with Crippen molar-refractivity contribution in [3.05, 3.63) is 18.2 Å². The van der Waals surface area contributed by atoms with Gasteiger partial charge in [-0.05, 0) is 32.7 Å². The summed E-state index contributed by atoms with van der Waals surface area (Å²) >= 11 is 0. The normalized spacial score (nSPS) is 23.8. The molecule has 2 rings (SSSR count). The standard InChI is InChI=1S/C12H21N3O/c1-3-15-7-5-13-12(15)9-14-6-4-11(8-14)10(2)16/h5,7,10-11,16H,3-4,6,8-9H2,1-2H3. The van der Waals surface area contributed by atoms with Gasteiger partial charge in [0.2, 0.25) is 0 Å².